The minimum atomic E-state index is -0.201. The zero-order chi connectivity index (χ0) is 12.3. The van der Waals surface area contributed by atoms with Crippen molar-refractivity contribution in [1.82, 2.24) is 5.32 Å². The van der Waals surface area contributed by atoms with E-state index in [1.165, 1.54) is 36.6 Å². The first-order valence-corrected chi connectivity index (χ1v) is 9.27. The van der Waals surface area contributed by atoms with E-state index in [-0.39, 0.29) is 5.79 Å². The Balaban J connectivity index is 1.37. The average molecular weight is 289 g/mol. The molecule has 2 heterocycles. The monoisotopic (exact) mass is 289 g/mol. The zero-order valence-corrected chi connectivity index (χ0v) is 12.5. The molecule has 1 aliphatic carbocycles. The normalized spacial score (nSPS) is 33.0. The van der Waals surface area contributed by atoms with Crippen LogP contribution >= 0.6 is 23.5 Å². The summed E-state index contributed by atoms with van der Waals surface area (Å²) in [6.07, 6.45) is 4.53. The second kappa shape index (κ2) is 6.35. The molecule has 3 aliphatic rings. The third-order valence-electron chi connectivity index (χ3n) is 4.08. The molecule has 2 saturated heterocycles. The molecule has 18 heavy (non-hydrogen) atoms. The first kappa shape index (κ1) is 13.6. The fraction of sp³-hybridized carbons (Fsp3) is 1.00. The summed E-state index contributed by atoms with van der Waals surface area (Å²) in [5.41, 5.74) is 0. The molecule has 1 atom stereocenters. The minimum Gasteiger partial charge on any atom is -0.348 e. The van der Waals surface area contributed by atoms with Crippen LogP contribution in [0.25, 0.3) is 0 Å². The van der Waals surface area contributed by atoms with Gasteiger partial charge in [-0.1, -0.05) is 0 Å². The van der Waals surface area contributed by atoms with Gasteiger partial charge in [0, 0.05) is 47.9 Å². The first-order valence-electron chi connectivity index (χ1n) is 7.07. The molecule has 2 aliphatic heterocycles. The summed E-state index contributed by atoms with van der Waals surface area (Å²) in [5.74, 6) is 3.78. The van der Waals surface area contributed by atoms with Crippen molar-refractivity contribution in [3.8, 4) is 0 Å². The van der Waals surface area contributed by atoms with Crippen LogP contribution in [0.2, 0.25) is 0 Å². The van der Waals surface area contributed by atoms with Gasteiger partial charge >= 0.3 is 0 Å². The third-order valence-corrected chi connectivity index (χ3v) is 6.92. The fourth-order valence-corrected chi connectivity index (χ4v) is 5.62. The van der Waals surface area contributed by atoms with E-state index in [4.69, 9.17) is 9.47 Å². The van der Waals surface area contributed by atoms with E-state index in [1.54, 1.807) is 0 Å². The largest absolute Gasteiger partial charge is 0.348 e. The molecule has 0 aromatic carbocycles. The summed E-state index contributed by atoms with van der Waals surface area (Å²) in [6, 6.07) is 0.677. The number of rotatable bonds is 3. The van der Waals surface area contributed by atoms with Gasteiger partial charge in [-0.25, -0.2) is 0 Å². The van der Waals surface area contributed by atoms with Gasteiger partial charge in [0.2, 0.25) is 0 Å². The molecule has 0 radical (unpaired) electrons. The summed E-state index contributed by atoms with van der Waals surface area (Å²) >= 11 is 4.24. The number of nitrogens with one attached hydrogen (secondary N) is 1. The van der Waals surface area contributed by atoms with Crippen LogP contribution < -0.4 is 5.32 Å². The van der Waals surface area contributed by atoms with Crippen molar-refractivity contribution < 1.29 is 9.47 Å². The Morgan fingerprint density at radius 2 is 1.89 bits per heavy atom. The number of hydrogen-bond acceptors (Lipinski definition) is 5. The molecule has 1 spiro atoms. The molecular formula is C13H23NO2S2. The van der Waals surface area contributed by atoms with Gasteiger partial charge in [-0.15, -0.1) is 0 Å². The van der Waals surface area contributed by atoms with Crippen LogP contribution in [0.4, 0.5) is 0 Å². The summed E-state index contributed by atoms with van der Waals surface area (Å²) < 4.78 is 11.5. The van der Waals surface area contributed by atoms with Crippen LogP contribution in [0.3, 0.4) is 0 Å². The molecule has 0 aromatic rings. The standard InChI is InChI=1S/C13H23NO2S2/c1-3-13(15-5-6-16-13)4-2-11(1)14-9-12-10-17-7-8-18-12/h11-12,14H,1-10H2. The van der Waals surface area contributed by atoms with Crippen molar-refractivity contribution in [2.75, 3.05) is 37.0 Å². The quantitative estimate of drug-likeness (QED) is 0.860. The van der Waals surface area contributed by atoms with Crippen molar-refractivity contribution in [1.29, 1.82) is 0 Å². The van der Waals surface area contributed by atoms with Crippen LogP contribution in [0.1, 0.15) is 25.7 Å². The number of thioether (sulfide) groups is 2. The van der Waals surface area contributed by atoms with Crippen LogP contribution in [-0.2, 0) is 9.47 Å². The predicted molar refractivity (Wildman–Crippen MR) is 78.5 cm³/mol. The molecule has 3 rings (SSSR count). The first-order chi connectivity index (χ1) is 8.86. The van der Waals surface area contributed by atoms with Gasteiger partial charge in [0.15, 0.2) is 5.79 Å². The summed E-state index contributed by atoms with van der Waals surface area (Å²) in [7, 11) is 0. The van der Waals surface area contributed by atoms with Gasteiger partial charge in [-0.3, -0.25) is 0 Å². The van der Waals surface area contributed by atoms with Crippen LogP contribution in [0.15, 0.2) is 0 Å². The Morgan fingerprint density at radius 3 is 2.56 bits per heavy atom. The lowest BCUT2D eigenvalue weighted by Crippen LogP contribution is -2.44. The van der Waals surface area contributed by atoms with Crippen LogP contribution in [-0.4, -0.2) is 54.1 Å². The van der Waals surface area contributed by atoms with E-state index in [9.17, 15) is 0 Å². The van der Waals surface area contributed by atoms with Gasteiger partial charge in [0.05, 0.1) is 13.2 Å². The lowest BCUT2D eigenvalue weighted by molar-refractivity contribution is -0.179. The topological polar surface area (TPSA) is 30.5 Å². The molecule has 0 aromatic heterocycles. The Labute approximate surface area is 118 Å². The Hall–Kier alpha value is 0.580. The van der Waals surface area contributed by atoms with E-state index in [2.05, 4.69) is 28.8 Å². The maximum Gasteiger partial charge on any atom is 0.168 e. The lowest BCUT2D eigenvalue weighted by Gasteiger charge is -2.36. The molecule has 1 N–H and O–H groups in total. The molecular weight excluding hydrogens is 266 g/mol. The Morgan fingerprint density at radius 1 is 1.11 bits per heavy atom. The molecule has 0 amide bonds. The molecule has 5 heteroatoms. The average Bonchev–Trinajstić information content (AvgIpc) is 2.88. The lowest BCUT2D eigenvalue weighted by atomic mass is 9.90. The molecule has 104 valence electrons. The highest BCUT2D eigenvalue weighted by atomic mass is 32.2. The van der Waals surface area contributed by atoms with Gasteiger partial charge in [0.25, 0.3) is 0 Å². The zero-order valence-electron chi connectivity index (χ0n) is 10.9. The van der Waals surface area contributed by atoms with Gasteiger partial charge < -0.3 is 14.8 Å². The van der Waals surface area contributed by atoms with Crippen LogP contribution in [0.5, 0.6) is 0 Å². The van der Waals surface area contributed by atoms with Crippen molar-refractivity contribution in [3.05, 3.63) is 0 Å². The van der Waals surface area contributed by atoms with E-state index >= 15 is 0 Å². The van der Waals surface area contributed by atoms with Gasteiger partial charge in [0.1, 0.15) is 0 Å². The number of hydrogen-bond donors (Lipinski definition) is 1. The highest BCUT2D eigenvalue weighted by molar-refractivity contribution is 8.06. The maximum atomic E-state index is 5.77. The molecule has 0 bridgehead atoms. The Bertz CT molecular complexity index is 256. The van der Waals surface area contributed by atoms with Crippen molar-refractivity contribution >= 4 is 23.5 Å². The van der Waals surface area contributed by atoms with Gasteiger partial charge in [-0.05, 0) is 12.8 Å². The second-order valence-electron chi connectivity index (χ2n) is 5.36. The summed E-state index contributed by atoms with van der Waals surface area (Å²) in [5, 5.41) is 4.57. The van der Waals surface area contributed by atoms with E-state index in [0.717, 1.165) is 31.3 Å². The van der Waals surface area contributed by atoms with E-state index in [0.29, 0.717) is 6.04 Å². The molecule has 1 saturated carbocycles. The minimum absolute atomic E-state index is 0.201. The highest BCUT2D eigenvalue weighted by Crippen LogP contribution is 2.35. The Kier molecular flexibility index (Phi) is 4.79. The van der Waals surface area contributed by atoms with Crippen molar-refractivity contribution in [2.45, 2.75) is 42.8 Å². The van der Waals surface area contributed by atoms with Crippen molar-refractivity contribution in [2.24, 2.45) is 0 Å². The fourth-order valence-electron chi connectivity index (χ4n) is 3.00. The molecule has 3 fully saturated rings. The van der Waals surface area contributed by atoms with Gasteiger partial charge in [-0.2, -0.15) is 23.5 Å². The second-order valence-corrected chi connectivity index (χ2v) is 7.92. The van der Waals surface area contributed by atoms with Crippen molar-refractivity contribution in [3.63, 3.8) is 0 Å². The maximum absolute atomic E-state index is 5.77. The van der Waals surface area contributed by atoms with E-state index < -0.39 is 0 Å². The summed E-state index contributed by atoms with van der Waals surface area (Å²) in [6.45, 7) is 2.75. The predicted octanol–water partition coefficient (Wildman–Crippen LogP) is 2.11. The number of ether oxygens (including phenoxy) is 2. The summed E-state index contributed by atoms with van der Waals surface area (Å²) in [4.78, 5) is 0. The SMILES string of the molecule is C1COC2(CCC(NCC3CSCCS3)CC2)O1. The van der Waals surface area contributed by atoms with Crippen LogP contribution in [0, 0.1) is 0 Å². The third kappa shape index (κ3) is 3.37. The van der Waals surface area contributed by atoms with E-state index in [1.807, 2.05) is 0 Å². The molecule has 1 unspecified atom stereocenters. The smallest absolute Gasteiger partial charge is 0.168 e. The molecule has 3 nitrogen and oxygen atoms in total. The highest BCUT2D eigenvalue weighted by Gasteiger charge is 2.40.